The van der Waals surface area contributed by atoms with E-state index >= 15 is 0 Å². The van der Waals surface area contributed by atoms with Crippen LogP contribution in [-0.4, -0.2) is 43.1 Å². The molecule has 4 nitrogen and oxygen atoms in total. The number of carbonyl (C=O) groups is 1. The third-order valence-electron chi connectivity index (χ3n) is 3.46. The van der Waals surface area contributed by atoms with Crippen molar-refractivity contribution < 1.29 is 13.9 Å². The van der Waals surface area contributed by atoms with E-state index in [1.807, 2.05) is 4.90 Å². The van der Waals surface area contributed by atoms with Crippen LogP contribution in [0.4, 0.5) is 4.39 Å². The summed E-state index contributed by atoms with van der Waals surface area (Å²) in [5, 5.41) is 3.38. The fraction of sp³-hybridized carbons (Fsp3) is 0.438. The van der Waals surface area contributed by atoms with Gasteiger partial charge in [-0.1, -0.05) is 6.07 Å². The van der Waals surface area contributed by atoms with Crippen molar-refractivity contribution in [1.29, 1.82) is 0 Å². The Morgan fingerprint density at radius 2 is 2.05 bits per heavy atom. The van der Waals surface area contributed by atoms with Crippen molar-refractivity contribution in [2.75, 3.05) is 20.2 Å². The van der Waals surface area contributed by atoms with Gasteiger partial charge in [-0.2, -0.15) is 0 Å². The van der Waals surface area contributed by atoms with Crippen LogP contribution in [0.2, 0.25) is 0 Å². The molecule has 1 saturated heterocycles. The van der Waals surface area contributed by atoms with Crippen molar-refractivity contribution in [3.63, 3.8) is 0 Å². The molecule has 5 heteroatoms. The lowest BCUT2D eigenvalue weighted by Crippen LogP contribution is -2.55. The van der Waals surface area contributed by atoms with Crippen LogP contribution < -0.4 is 10.1 Å². The molecule has 0 saturated carbocycles. The Balaban J connectivity index is 2.03. The number of rotatable bonds is 3. The van der Waals surface area contributed by atoms with Crippen LogP contribution in [-0.2, 0) is 4.79 Å². The summed E-state index contributed by atoms with van der Waals surface area (Å²) in [6, 6.07) is 5.18. The lowest BCUT2D eigenvalue weighted by molar-refractivity contribution is -0.127. The van der Waals surface area contributed by atoms with E-state index < -0.39 is 5.82 Å². The number of halogens is 1. The summed E-state index contributed by atoms with van der Waals surface area (Å²) in [6.07, 6.45) is 3.12. The van der Waals surface area contributed by atoms with Gasteiger partial charge in [0, 0.05) is 31.2 Å². The fourth-order valence-electron chi connectivity index (χ4n) is 2.57. The van der Waals surface area contributed by atoms with Gasteiger partial charge < -0.3 is 15.0 Å². The number of benzene rings is 1. The van der Waals surface area contributed by atoms with E-state index in [0.717, 1.165) is 0 Å². The molecule has 2 atom stereocenters. The van der Waals surface area contributed by atoms with Crippen molar-refractivity contribution >= 4 is 12.0 Å². The number of nitrogens with one attached hydrogen (secondary N) is 1. The zero-order valence-electron chi connectivity index (χ0n) is 12.6. The largest absolute Gasteiger partial charge is 0.494 e. The van der Waals surface area contributed by atoms with E-state index in [1.165, 1.54) is 19.3 Å². The van der Waals surface area contributed by atoms with Crippen molar-refractivity contribution in [1.82, 2.24) is 10.2 Å². The maximum absolute atomic E-state index is 13.6. The predicted molar refractivity (Wildman–Crippen MR) is 80.6 cm³/mol. The summed E-state index contributed by atoms with van der Waals surface area (Å²) in [5.74, 6) is -0.286. The molecule has 0 aromatic heterocycles. The second-order valence-corrected chi connectivity index (χ2v) is 5.44. The lowest BCUT2D eigenvalue weighted by Gasteiger charge is -2.35. The first-order chi connectivity index (χ1) is 9.99. The topological polar surface area (TPSA) is 41.6 Å². The number of amides is 1. The minimum Gasteiger partial charge on any atom is -0.494 e. The van der Waals surface area contributed by atoms with Gasteiger partial charge in [0.25, 0.3) is 0 Å². The summed E-state index contributed by atoms with van der Waals surface area (Å²) in [6.45, 7) is 5.48. The Hall–Kier alpha value is -1.88. The molecular weight excluding hydrogens is 271 g/mol. The van der Waals surface area contributed by atoms with Crippen LogP contribution in [0.25, 0.3) is 6.08 Å². The predicted octanol–water partition coefficient (Wildman–Crippen LogP) is 2.06. The molecule has 0 spiro atoms. The summed E-state index contributed by atoms with van der Waals surface area (Å²) >= 11 is 0. The Bertz CT molecular complexity index is 535. The maximum atomic E-state index is 13.6. The first kappa shape index (κ1) is 15.5. The number of carbonyl (C=O) groups excluding carboxylic acids is 1. The number of ether oxygens (including phenoxy) is 1. The van der Waals surface area contributed by atoms with Gasteiger partial charge in [-0.15, -0.1) is 0 Å². The molecule has 1 aliphatic rings. The Morgan fingerprint density at radius 3 is 2.62 bits per heavy atom. The molecule has 1 amide bonds. The van der Waals surface area contributed by atoms with Crippen molar-refractivity contribution in [2.24, 2.45) is 0 Å². The molecule has 2 rings (SSSR count). The van der Waals surface area contributed by atoms with E-state index in [4.69, 9.17) is 4.74 Å². The molecule has 114 valence electrons. The van der Waals surface area contributed by atoms with Crippen LogP contribution >= 0.6 is 0 Å². The highest BCUT2D eigenvalue weighted by atomic mass is 19.1. The summed E-state index contributed by atoms with van der Waals surface area (Å²) in [7, 11) is 1.42. The standard InChI is InChI=1S/C16H21FN2O2/c1-11-9-19(10-12(2)18-11)16(20)7-5-13-4-6-15(21-3)14(17)8-13/h4-8,11-12,18H,9-10H2,1-3H3. The number of hydrogen-bond donors (Lipinski definition) is 1. The Labute approximate surface area is 124 Å². The van der Waals surface area contributed by atoms with Gasteiger partial charge >= 0.3 is 0 Å². The highest BCUT2D eigenvalue weighted by Crippen LogP contribution is 2.18. The van der Waals surface area contributed by atoms with Gasteiger partial charge in [-0.25, -0.2) is 4.39 Å². The molecule has 1 aliphatic heterocycles. The molecule has 0 aliphatic carbocycles. The minimum atomic E-state index is -0.434. The van der Waals surface area contributed by atoms with E-state index in [2.05, 4.69) is 19.2 Å². The van der Waals surface area contributed by atoms with E-state index in [0.29, 0.717) is 18.7 Å². The van der Waals surface area contributed by atoms with Gasteiger partial charge in [0.2, 0.25) is 5.91 Å². The van der Waals surface area contributed by atoms with Gasteiger partial charge in [-0.05, 0) is 37.6 Å². The van der Waals surface area contributed by atoms with Crippen LogP contribution in [0.1, 0.15) is 19.4 Å². The summed E-state index contributed by atoms with van der Waals surface area (Å²) < 4.78 is 18.4. The zero-order chi connectivity index (χ0) is 15.4. The van der Waals surface area contributed by atoms with Crippen molar-refractivity contribution in [2.45, 2.75) is 25.9 Å². The van der Waals surface area contributed by atoms with Gasteiger partial charge in [0.15, 0.2) is 11.6 Å². The first-order valence-corrected chi connectivity index (χ1v) is 7.06. The Kier molecular flexibility index (Phi) is 4.96. The molecule has 1 N–H and O–H groups in total. The monoisotopic (exact) mass is 292 g/mol. The molecule has 1 heterocycles. The van der Waals surface area contributed by atoms with E-state index in [1.54, 1.807) is 18.2 Å². The van der Waals surface area contributed by atoms with Crippen LogP contribution in [0.5, 0.6) is 5.75 Å². The molecule has 0 bridgehead atoms. The lowest BCUT2D eigenvalue weighted by atomic mass is 10.1. The molecule has 21 heavy (non-hydrogen) atoms. The average Bonchev–Trinajstić information content (AvgIpc) is 2.43. The second kappa shape index (κ2) is 6.72. The minimum absolute atomic E-state index is 0.0496. The van der Waals surface area contributed by atoms with E-state index in [-0.39, 0.29) is 23.7 Å². The van der Waals surface area contributed by atoms with Crippen molar-refractivity contribution in [3.05, 3.63) is 35.7 Å². The summed E-state index contributed by atoms with van der Waals surface area (Å²) in [4.78, 5) is 14.0. The van der Waals surface area contributed by atoms with Crippen LogP contribution in [0, 0.1) is 5.82 Å². The normalized spacial score (nSPS) is 22.6. The smallest absolute Gasteiger partial charge is 0.246 e. The number of methoxy groups -OCH3 is 1. The van der Waals surface area contributed by atoms with Crippen LogP contribution in [0.3, 0.4) is 0 Å². The zero-order valence-corrected chi connectivity index (χ0v) is 12.6. The Morgan fingerprint density at radius 1 is 1.38 bits per heavy atom. The van der Waals surface area contributed by atoms with Gasteiger partial charge in [-0.3, -0.25) is 4.79 Å². The second-order valence-electron chi connectivity index (χ2n) is 5.44. The van der Waals surface area contributed by atoms with Gasteiger partial charge in [0.1, 0.15) is 0 Å². The molecular formula is C16H21FN2O2. The molecule has 1 aromatic rings. The van der Waals surface area contributed by atoms with Gasteiger partial charge in [0.05, 0.1) is 7.11 Å². The third-order valence-corrected chi connectivity index (χ3v) is 3.46. The number of hydrogen-bond acceptors (Lipinski definition) is 3. The number of piperazine rings is 1. The quantitative estimate of drug-likeness (QED) is 0.867. The molecule has 1 aromatic carbocycles. The molecule has 0 radical (unpaired) electrons. The maximum Gasteiger partial charge on any atom is 0.246 e. The fourth-order valence-corrected chi connectivity index (χ4v) is 2.57. The molecule has 1 fully saturated rings. The highest BCUT2D eigenvalue weighted by Gasteiger charge is 2.23. The van der Waals surface area contributed by atoms with E-state index in [9.17, 15) is 9.18 Å². The summed E-state index contributed by atoms with van der Waals surface area (Å²) in [5.41, 5.74) is 0.637. The SMILES string of the molecule is COc1ccc(C=CC(=O)N2CC(C)NC(C)C2)cc1F. The molecule has 2 unspecified atom stereocenters. The highest BCUT2D eigenvalue weighted by molar-refractivity contribution is 5.91. The van der Waals surface area contributed by atoms with Crippen LogP contribution in [0.15, 0.2) is 24.3 Å². The first-order valence-electron chi connectivity index (χ1n) is 7.06. The van der Waals surface area contributed by atoms with Crippen molar-refractivity contribution in [3.8, 4) is 5.75 Å². The average molecular weight is 292 g/mol. The third kappa shape index (κ3) is 4.04. The number of nitrogens with zero attached hydrogens (tertiary/aromatic N) is 1.